The molecular formula is C18H13N3OS. The minimum Gasteiger partial charge on any atom is -0.397 e. The fourth-order valence-corrected chi connectivity index (χ4v) is 3.72. The smallest absolute Gasteiger partial charge is 0.260 e. The van der Waals surface area contributed by atoms with Gasteiger partial charge in [0.05, 0.1) is 11.4 Å². The highest BCUT2D eigenvalue weighted by Gasteiger charge is 2.15. The van der Waals surface area contributed by atoms with Crippen LogP contribution in [0.2, 0.25) is 0 Å². The molecule has 0 aliphatic carbocycles. The number of hydrogen-bond donors (Lipinski definition) is 2. The van der Waals surface area contributed by atoms with Crippen LogP contribution in [0.4, 0.5) is 5.69 Å². The van der Waals surface area contributed by atoms with Crippen LogP contribution in [0.25, 0.3) is 32.2 Å². The number of anilines is 1. The fourth-order valence-electron chi connectivity index (χ4n) is 2.78. The molecule has 4 N–H and O–H groups in total. The standard InChI is InChI=1S/C18H13N3OS/c19-15-13-8-9-14(21-18(13)23-16(15)17(20)22)12-7-3-5-10-4-1-2-6-11(10)12/h1-9H,19H2,(H2,20,22). The summed E-state index contributed by atoms with van der Waals surface area (Å²) in [7, 11) is 0. The Hall–Kier alpha value is -2.92. The summed E-state index contributed by atoms with van der Waals surface area (Å²) < 4.78 is 0. The van der Waals surface area contributed by atoms with Crippen molar-refractivity contribution in [3.8, 4) is 11.3 Å². The van der Waals surface area contributed by atoms with Gasteiger partial charge in [0.25, 0.3) is 5.91 Å². The molecule has 112 valence electrons. The van der Waals surface area contributed by atoms with E-state index in [2.05, 4.69) is 18.2 Å². The molecule has 0 radical (unpaired) electrons. The molecular weight excluding hydrogens is 306 g/mol. The van der Waals surface area contributed by atoms with Crippen LogP contribution in [-0.4, -0.2) is 10.9 Å². The maximum absolute atomic E-state index is 11.4. The lowest BCUT2D eigenvalue weighted by Gasteiger charge is -2.06. The van der Waals surface area contributed by atoms with Crippen LogP contribution in [-0.2, 0) is 0 Å². The Morgan fingerprint density at radius 2 is 1.74 bits per heavy atom. The van der Waals surface area contributed by atoms with Crippen molar-refractivity contribution in [2.75, 3.05) is 5.73 Å². The number of primary amides is 1. The molecule has 0 unspecified atom stereocenters. The van der Waals surface area contributed by atoms with Crippen molar-refractivity contribution in [2.24, 2.45) is 5.73 Å². The Kier molecular flexibility index (Phi) is 3.02. The van der Waals surface area contributed by atoms with E-state index in [9.17, 15) is 4.79 Å². The zero-order valence-corrected chi connectivity index (χ0v) is 12.9. The number of benzene rings is 2. The summed E-state index contributed by atoms with van der Waals surface area (Å²) in [5, 5.41) is 3.07. The van der Waals surface area contributed by atoms with E-state index in [1.54, 1.807) is 0 Å². The number of pyridine rings is 1. The van der Waals surface area contributed by atoms with Gasteiger partial charge >= 0.3 is 0 Å². The average Bonchev–Trinajstić information content (AvgIpc) is 2.91. The topological polar surface area (TPSA) is 82.0 Å². The van der Waals surface area contributed by atoms with Crippen LogP contribution in [0.5, 0.6) is 0 Å². The first-order chi connectivity index (χ1) is 11.1. The summed E-state index contributed by atoms with van der Waals surface area (Å²) in [6, 6.07) is 18.1. The zero-order chi connectivity index (χ0) is 16.0. The van der Waals surface area contributed by atoms with Crippen molar-refractivity contribution in [2.45, 2.75) is 0 Å². The van der Waals surface area contributed by atoms with Gasteiger partial charge in [-0.05, 0) is 22.9 Å². The van der Waals surface area contributed by atoms with Gasteiger partial charge in [-0.15, -0.1) is 11.3 Å². The number of nitrogen functional groups attached to an aromatic ring is 1. The monoisotopic (exact) mass is 319 g/mol. The number of carbonyl (C=O) groups is 1. The zero-order valence-electron chi connectivity index (χ0n) is 12.1. The van der Waals surface area contributed by atoms with Gasteiger partial charge in [0.15, 0.2) is 0 Å². The highest BCUT2D eigenvalue weighted by Crippen LogP contribution is 2.35. The Labute approximate surface area is 136 Å². The second-order valence-electron chi connectivity index (χ2n) is 5.29. The van der Waals surface area contributed by atoms with Crippen molar-refractivity contribution >= 4 is 43.9 Å². The van der Waals surface area contributed by atoms with E-state index >= 15 is 0 Å². The third-order valence-electron chi connectivity index (χ3n) is 3.88. The molecule has 2 aromatic carbocycles. The lowest BCUT2D eigenvalue weighted by molar-refractivity contribution is 0.100. The first-order valence-corrected chi connectivity index (χ1v) is 7.94. The van der Waals surface area contributed by atoms with Crippen LogP contribution in [0.3, 0.4) is 0 Å². The highest BCUT2D eigenvalue weighted by molar-refractivity contribution is 7.21. The predicted molar refractivity (Wildman–Crippen MR) is 95.5 cm³/mol. The third kappa shape index (κ3) is 2.13. The van der Waals surface area contributed by atoms with Crippen molar-refractivity contribution in [3.63, 3.8) is 0 Å². The molecule has 0 fully saturated rings. The van der Waals surface area contributed by atoms with Gasteiger partial charge in [0.1, 0.15) is 9.71 Å². The molecule has 2 heterocycles. The van der Waals surface area contributed by atoms with Crippen LogP contribution < -0.4 is 11.5 Å². The van der Waals surface area contributed by atoms with E-state index in [-0.39, 0.29) is 0 Å². The summed E-state index contributed by atoms with van der Waals surface area (Å²) in [6.45, 7) is 0. The molecule has 0 saturated heterocycles. The fraction of sp³-hybridized carbons (Fsp3) is 0. The lowest BCUT2D eigenvalue weighted by atomic mass is 10.0. The number of nitrogens with two attached hydrogens (primary N) is 2. The van der Waals surface area contributed by atoms with Crippen LogP contribution in [0.15, 0.2) is 54.6 Å². The summed E-state index contributed by atoms with van der Waals surface area (Å²) in [6.07, 6.45) is 0. The minimum absolute atomic E-state index is 0.363. The minimum atomic E-state index is -0.516. The van der Waals surface area contributed by atoms with Crippen molar-refractivity contribution in [1.82, 2.24) is 4.98 Å². The highest BCUT2D eigenvalue weighted by atomic mass is 32.1. The maximum atomic E-state index is 11.4. The first kappa shape index (κ1) is 13.7. The second kappa shape index (κ2) is 5.07. The molecule has 23 heavy (non-hydrogen) atoms. The molecule has 4 nitrogen and oxygen atoms in total. The van der Waals surface area contributed by atoms with Gasteiger partial charge in [-0.2, -0.15) is 0 Å². The van der Waals surface area contributed by atoms with Gasteiger partial charge in [0, 0.05) is 10.9 Å². The number of hydrogen-bond acceptors (Lipinski definition) is 4. The molecule has 2 aromatic heterocycles. The van der Waals surface area contributed by atoms with Gasteiger partial charge in [0.2, 0.25) is 0 Å². The number of thiophene rings is 1. The number of fused-ring (bicyclic) bond motifs is 2. The van der Waals surface area contributed by atoms with E-state index in [1.807, 2.05) is 36.4 Å². The average molecular weight is 319 g/mol. The molecule has 0 bridgehead atoms. The van der Waals surface area contributed by atoms with Gasteiger partial charge in [-0.25, -0.2) is 4.98 Å². The molecule has 0 spiro atoms. The molecule has 1 amide bonds. The molecule has 4 rings (SSSR count). The molecule has 4 aromatic rings. The molecule has 0 saturated carbocycles. The number of rotatable bonds is 2. The van der Waals surface area contributed by atoms with Crippen LogP contribution in [0.1, 0.15) is 9.67 Å². The largest absolute Gasteiger partial charge is 0.397 e. The van der Waals surface area contributed by atoms with Crippen molar-refractivity contribution < 1.29 is 4.79 Å². The van der Waals surface area contributed by atoms with Gasteiger partial charge in [-0.1, -0.05) is 42.5 Å². The van der Waals surface area contributed by atoms with Crippen LogP contribution in [0, 0.1) is 0 Å². The lowest BCUT2D eigenvalue weighted by Crippen LogP contribution is -2.10. The molecule has 0 aliphatic rings. The Morgan fingerprint density at radius 1 is 0.957 bits per heavy atom. The van der Waals surface area contributed by atoms with Crippen molar-refractivity contribution in [3.05, 3.63) is 59.5 Å². The number of nitrogens with zero attached hydrogens (tertiary/aromatic N) is 1. The molecule has 5 heteroatoms. The number of aromatic nitrogens is 1. The van der Waals surface area contributed by atoms with E-state index in [0.29, 0.717) is 10.6 Å². The quantitative estimate of drug-likeness (QED) is 0.589. The molecule has 0 atom stereocenters. The van der Waals surface area contributed by atoms with Crippen LogP contribution >= 0.6 is 11.3 Å². The SMILES string of the molecule is NC(=O)c1sc2nc(-c3cccc4ccccc34)ccc2c1N. The molecule has 0 aliphatic heterocycles. The van der Waals surface area contributed by atoms with Crippen molar-refractivity contribution in [1.29, 1.82) is 0 Å². The summed E-state index contributed by atoms with van der Waals surface area (Å²) >= 11 is 1.24. The summed E-state index contributed by atoms with van der Waals surface area (Å²) in [5.41, 5.74) is 13.7. The van der Waals surface area contributed by atoms with E-state index in [0.717, 1.165) is 32.2 Å². The summed E-state index contributed by atoms with van der Waals surface area (Å²) in [4.78, 5) is 17.2. The second-order valence-corrected chi connectivity index (χ2v) is 6.28. The van der Waals surface area contributed by atoms with Gasteiger partial charge < -0.3 is 11.5 Å². The third-order valence-corrected chi connectivity index (χ3v) is 5.01. The predicted octanol–water partition coefficient (Wildman–Crippen LogP) is 3.80. The van der Waals surface area contributed by atoms with E-state index < -0.39 is 5.91 Å². The van der Waals surface area contributed by atoms with E-state index in [4.69, 9.17) is 16.5 Å². The number of carbonyl (C=O) groups excluding carboxylic acids is 1. The van der Waals surface area contributed by atoms with Gasteiger partial charge in [-0.3, -0.25) is 4.79 Å². The Morgan fingerprint density at radius 3 is 2.57 bits per heavy atom. The maximum Gasteiger partial charge on any atom is 0.260 e. The first-order valence-electron chi connectivity index (χ1n) is 7.12. The Bertz CT molecular complexity index is 1060. The van der Waals surface area contributed by atoms with E-state index in [1.165, 1.54) is 11.3 Å². The number of amides is 1. The normalized spacial score (nSPS) is 11.1. The summed E-state index contributed by atoms with van der Waals surface area (Å²) in [5.74, 6) is -0.516. The Balaban J connectivity index is 1.97.